The van der Waals surface area contributed by atoms with Crippen molar-refractivity contribution in [3.63, 3.8) is 0 Å². The number of carbonyl (C=O) groups excluding carboxylic acids is 2. The first-order chi connectivity index (χ1) is 9.00. The first-order valence-corrected chi connectivity index (χ1v) is 5.91. The summed E-state index contributed by atoms with van der Waals surface area (Å²) in [5.74, 6) is -2.29. The van der Waals surface area contributed by atoms with Crippen molar-refractivity contribution in [3.8, 4) is 0 Å². The molecule has 1 aliphatic heterocycles. The number of carboxylic acid groups (broad SMARTS) is 1. The number of nitrogens with zero attached hydrogens (tertiary/aromatic N) is 1. The second-order valence-electron chi connectivity index (χ2n) is 4.49. The molecule has 1 heterocycles. The molecule has 0 radical (unpaired) electrons. The predicted molar refractivity (Wildman–Crippen MR) is 66.6 cm³/mol. The molecule has 19 heavy (non-hydrogen) atoms. The number of likely N-dealkylation sites (tertiary alicyclic amines) is 1. The van der Waals surface area contributed by atoms with Gasteiger partial charge in [0.2, 0.25) is 5.91 Å². The molecule has 0 saturated carbocycles. The minimum Gasteiger partial charge on any atom is -0.478 e. The maximum absolute atomic E-state index is 12.3. The molecule has 0 bridgehead atoms. The normalized spacial score (nSPS) is 18.3. The topological polar surface area (TPSA) is 101 Å². The predicted octanol–water partition coefficient (Wildman–Crippen LogP) is 0.332. The third-order valence-electron chi connectivity index (χ3n) is 3.27. The van der Waals surface area contributed by atoms with Crippen molar-refractivity contribution in [2.24, 2.45) is 11.7 Å². The molecule has 3 N–H and O–H groups in total. The molecular weight excluding hydrogens is 248 g/mol. The van der Waals surface area contributed by atoms with Crippen LogP contribution in [0.2, 0.25) is 0 Å². The van der Waals surface area contributed by atoms with Crippen LogP contribution in [0.1, 0.15) is 27.1 Å². The van der Waals surface area contributed by atoms with E-state index in [-0.39, 0.29) is 29.5 Å². The Bertz CT molecular complexity index is 541. The molecule has 1 atom stereocenters. The number of primary amides is 1. The molecule has 6 heteroatoms. The molecule has 2 amide bonds. The van der Waals surface area contributed by atoms with Crippen LogP contribution in [0.25, 0.3) is 0 Å². The van der Waals surface area contributed by atoms with Crippen molar-refractivity contribution >= 4 is 17.8 Å². The number of hydrogen-bond acceptors (Lipinski definition) is 3. The van der Waals surface area contributed by atoms with Gasteiger partial charge < -0.3 is 15.7 Å². The average Bonchev–Trinajstić information content (AvgIpc) is 2.87. The van der Waals surface area contributed by atoms with Crippen molar-refractivity contribution in [2.45, 2.75) is 6.42 Å². The molecule has 6 nitrogen and oxygen atoms in total. The highest BCUT2D eigenvalue weighted by Gasteiger charge is 2.31. The van der Waals surface area contributed by atoms with E-state index < -0.39 is 11.9 Å². The van der Waals surface area contributed by atoms with Gasteiger partial charge in [-0.05, 0) is 18.6 Å². The van der Waals surface area contributed by atoms with Crippen LogP contribution < -0.4 is 5.73 Å². The Hall–Kier alpha value is -2.37. The summed E-state index contributed by atoms with van der Waals surface area (Å²) >= 11 is 0. The van der Waals surface area contributed by atoms with E-state index in [2.05, 4.69) is 0 Å². The fraction of sp³-hybridized carbons (Fsp3) is 0.308. The van der Waals surface area contributed by atoms with Gasteiger partial charge in [-0.2, -0.15) is 0 Å². The summed E-state index contributed by atoms with van der Waals surface area (Å²) in [4.78, 5) is 35.9. The van der Waals surface area contributed by atoms with Gasteiger partial charge in [0.25, 0.3) is 5.91 Å². The average molecular weight is 262 g/mol. The lowest BCUT2D eigenvalue weighted by molar-refractivity contribution is -0.121. The van der Waals surface area contributed by atoms with E-state index in [0.717, 1.165) is 0 Å². The summed E-state index contributed by atoms with van der Waals surface area (Å²) in [6, 6.07) is 6.04. The molecule has 0 aromatic heterocycles. The molecular formula is C13H14N2O4. The minimum absolute atomic E-state index is 0.0324. The number of carboxylic acids is 1. The third-order valence-corrected chi connectivity index (χ3v) is 3.27. The lowest BCUT2D eigenvalue weighted by Gasteiger charge is -2.17. The highest BCUT2D eigenvalue weighted by molar-refractivity contribution is 6.05. The van der Waals surface area contributed by atoms with Crippen LogP contribution >= 0.6 is 0 Å². The molecule has 1 aromatic carbocycles. The third kappa shape index (κ3) is 2.57. The zero-order valence-electron chi connectivity index (χ0n) is 10.2. The van der Waals surface area contributed by atoms with E-state index in [4.69, 9.17) is 10.8 Å². The molecule has 100 valence electrons. The molecule has 2 rings (SSSR count). The molecule has 1 fully saturated rings. The molecule has 1 aliphatic rings. The fourth-order valence-electron chi connectivity index (χ4n) is 2.20. The highest BCUT2D eigenvalue weighted by Crippen LogP contribution is 2.20. The molecule has 0 spiro atoms. The van der Waals surface area contributed by atoms with Crippen LogP contribution in [-0.4, -0.2) is 40.9 Å². The summed E-state index contributed by atoms with van der Waals surface area (Å²) in [5, 5.41) is 9.05. The fourth-order valence-corrected chi connectivity index (χ4v) is 2.20. The zero-order valence-corrected chi connectivity index (χ0v) is 10.2. The van der Waals surface area contributed by atoms with Gasteiger partial charge in [-0.15, -0.1) is 0 Å². The van der Waals surface area contributed by atoms with Gasteiger partial charge in [0.1, 0.15) is 0 Å². The number of hydrogen-bond donors (Lipinski definition) is 2. The number of rotatable bonds is 3. The molecule has 1 saturated heterocycles. The largest absolute Gasteiger partial charge is 0.478 e. The Labute approximate surface area is 109 Å². The summed E-state index contributed by atoms with van der Waals surface area (Å²) in [7, 11) is 0. The van der Waals surface area contributed by atoms with E-state index in [9.17, 15) is 14.4 Å². The van der Waals surface area contributed by atoms with Crippen LogP contribution in [0.3, 0.4) is 0 Å². The lowest BCUT2D eigenvalue weighted by Crippen LogP contribution is -2.32. The van der Waals surface area contributed by atoms with E-state index in [1.807, 2.05) is 0 Å². The summed E-state index contributed by atoms with van der Waals surface area (Å²) in [6.07, 6.45) is 0.524. The first kappa shape index (κ1) is 13.1. The lowest BCUT2D eigenvalue weighted by atomic mass is 10.1. The Balaban J connectivity index is 2.22. The maximum atomic E-state index is 12.3. The highest BCUT2D eigenvalue weighted by atomic mass is 16.4. The van der Waals surface area contributed by atoms with Crippen molar-refractivity contribution in [2.75, 3.05) is 13.1 Å². The van der Waals surface area contributed by atoms with Gasteiger partial charge in [0.05, 0.1) is 17.0 Å². The first-order valence-electron chi connectivity index (χ1n) is 5.91. The van der Waals surface area contributed by atoms with Crippen molar-refractivity contribution in [1.82, 2.24) is 4.90 Å². The summed E-state index contributed by atoms with van der Waals surface area (Å²) in [5.41, 5.74) is 5.31. The van der Waals surface area contributed by atoms with Crippen molar-refractivity contribution in [1.29, 1.82) is 0 Å². The Morgan fingerprint density at radius 2 is 1.84 bits per heavy atom. The number of nitrogens with two attached hydrogens (primary N) is 1. The summed E-state index contributed by atoms with van der Waals surface area (Å²) in [6.45, 7) is 0.669. The Kier molecular flexibility index (Phi) is 3.50. The Morgan fingerprint density at radius 1 is 1.21 bits per heavy atom. The minimum atomic E-state index is -1.14. The SMILES string of the molecule is NC(=O)C1CCN(C(=O)c2ccccc2C(=O)O)C1. The number of aromatic carboxylic acids is 1. The smallest absolute Gasteiger partial charge is 0.336 e. The monoisotopic (exact) mass is 262 g/mol. The van der Waals surface area contributed by atoms with Gasteiger partial charge in [0.15, 0.2) is 0 Å². The van der Waals surface area contributed by atoms with E-state index in [0.29, 0.717) is 13.0 Å². The van der Waals surface area contributed by atoms with Gasteiger partial charge in [0, 0.05) is 13.1 Å². The van der Waals surface area contributed by atoms with E-state index in [1.165, 1.54) is 17.0 Å². The van der Waals surface area contributed by atoms with Crippen molar-refractivity contribution < 1.29 is 19.5 Å². The van der Waals surface area contributed by atoms with Crippen LogP contribution in [0.15, 0.2) is 24.3 Å². The summed E-state index contributed by atoms with van der Waals surface area (Å²) < 4.78 is 0. The second-order valence-corrected chi connectivity index (χ2v) is 4.49. The van der Waals surface area contributed by atoms with Crippen LogP contribution in [0.5, 0.6) is 0 Å². The Morgan fingerprint density at radius 3 is 2.37 bits per heavy atom. The number of carbonyl (C=O) groups is 3. The molecule has 1 unspecified atom stereocenters. The van der Waals surface area contributed by atoms with Crippen molar-refractivity contribution in [3.05, 3.63) is 35.4 Å². The second kappa shape index (κ2) is 5.09. The van der Waals surface area contributed by atoms with E-state index >= 15 is 0 Å². The zero-order chi connectivity index (χ0) is 14.0. The van der Waals surface area contributed by atoms with Crippen LogP contribution in [0, 0.1) is 5.92 Å². The van der Waals surface area contributed by atoms with Crippen LogP contribution in [0.4, 0.5) is 0 Å². The van der Waals surface area contributed by atoms with E-state index in [1.54, 1.807) is 12.1 Å². The van der Waals surface area contributed by atoms with Gasteiger partial charge in [-0.3, -0.25) is 9.59 Å². The maximum Gasteiger partial charge on any atom is 0.336 e. The van der Waals surface area contributed by atoms with Gasteiger partial charge in [-0.25, -0.2) is 4.79 Å². The van der Waals surface area contributed by atoms with Gasteiger partial charge in [-0.1, -0.05) is 12.1 Å². The molecule has 0 aliphatic carbocycles. The van der Waals surface area contributed by atoms with Crippen LogP contribution in [-0.2, 0) is 4.79 Å². The standard InChI is InChI=1S/C13H14N2O4/c14-11(16)8-5-6-15(7-8)12(17)9-3-1-2-4-10(9)13(18)19/h1-4,8H,5-7H2,(H2,14,16)(H,18,19). The quantitative estimate of drug-likeness (QED) is 0.819. The van der Waals surface area contributed by atoms with Gasteiger partial charge >= 0.3 is 5.97 Å². The number of amides is 2. The number of benzene rings is 1. The molecule has 1 aromatic rings.